The second-order valence-electron chi connectivity index (χ2n) is 8.18. The summed E-state index contributed by atoms with van der Waals surface area (Å²) in [5.41, 5.74) is -0.607. The van der Waals surface area contributed by atoms with Crippen molar-refractivity contribution in [1.29, 1.82) is 0 Å². The zero-order valence-electron chi connectivity index (χ0n) is 16.9. The average molecular weight is 410 g/mol. The number of carbonyl (C=O) groups excluding carboxylic acids is 1. The van der Waals surface area contributed by atoms with E-state index < -0.39 is 23.3 Å². The fraction of sp³-hybridized carbons (Fsp3) is 0.579. The molecular weight excluding hydrogens is 384 g/mol. The van der Waals surface area contributed by atoms with Crippen molar-refractivity contribution in [3.63, 3.8) is 0 Å². The molecule has 10 heteroatoms. The minimum absolute atomic E-state index is 0.0725. The minimum Gasteiger partial charge on any atom is -0.394 e. The first-order valence-electron chi connectivity index (χ1n) is 9.42. The van der Waals surface area contributed by atoms with Gasteiger partial charge in [0.05, 0.1) is 18.8 Å². The molecule has 0 saturated heterocycles. The molecule has 0 spiro atoms. The third kappa shape index (κ3) is 4.07. The third-order valence-electron chi connectivity index (χ3n) is 5.09. The van der Waals surface area contributed by atoms with Crippen LogP contribution in [0.2, 0.25) is 0 Å². The molecule has 8 nitrogen and oxygen atoms in total. The third-order valence-corrected chi connectivity index (χ3v) is 5.09. The van der Waals surface area contributed by atoms with E-state index in [0.717, 1.165) is 4.68 Å². The summed E-state index contributed by atoms with van der Waals surface area (Å²) in [6, 6.07) is -0.551. The summed E-state index contributed by atoms with van der Waals surface area (Å²) in [6.45, 7) is 5.33. The molecule has 2 aromatic heterocycles. The highest BCUT2D eigenvalue weighted by Crippen LogP contribution is 2.42. The maximum absolute atomic E-state index is 14.8. The van der Waals surface area contributed by atoms with Gasteiger partial charge >= 0.3 is 0 Å². The van der Waals surface area contributed by atoms with Gasteiger partial charge in [0, 0.05) is 16.7 Å². The van der Waals surface area contributed by atoms with Gasteiger partial charge in [-0.1, -0.05) is 20.8 Å². The topological polar surface area (TPSA) is 93.2 Å². The van der Waals surface area contributed by atoms with Gasteiger partial charge in [0.1, 0.15) is 12.8 Å². The van der Waals surface area contributed by atoms with Gasteiger partial charge < -0.3 is 10.4 Å². The Balaban J connectivity index is 2.10. The van der Waals surface area contributed by atoms with Gasteiger partial charge in [-0.2, -0.15) is 13.9 Å². The van der Waals surface area contributed by atoms with Gasteiger partial charge in [0.15, 0.2) is 5.69 Å². The molecule has 3 rings (SSSR count). The van der Waals surface area contributed by atoms with Gasteiger partial charge in [-0.15, -0.1) is 0 Å². The van der Waals surface area contributed by atoms with E-state index in [0.29, 0.717) is 6.42 Å². The number of fused-ring (bicyclic) bond motifs is 1. The number of hydrogen-bond donors (Lipinski definition) is 2. The zero-order chi connectivity index (χ0) is 21.4. The maximum Gasteiger partial charge on any atom is 0.290 e. The van der Waals surface area contributed by atoms with Gasteiger partial charge in [-0.05, 0) is 18.3 Å². The number of hydrogen-bond acceptors (Lipinski definition) is 5. The largest absolute Gasteiger partial charge is 0.394 e. The van der Waals surface area contributed by atoms with Crippen molar-refractivity contribution in [2.75, 3.05) is 13.7 Å². The number of aromatic nitrogens is 4. The second kappa shape index (κ2) is 7.66. The van der Waals surface area contributed by atoms with Crippen LogP contribution in [0.25, 0.3) is 5.82 Å². The summed E-state index contributed by atoms with van der Waals surface area (Å²) in [7, 11) is 1.43. The molecule has 0 bridgehead atoms. The van der Waals surface area contributed by atoms with Crippen molar-refractivity contribution in [2.45, 2.75) is 52.0 Å². The molecule has 1 amide bonds. The number of amides is 1. The number of aliphatic hydroxyl groups is 1. The Morgan fingerprint density at radius 3 is 2.83 bits per heavy atom. The molecule has 1 aliphatic carbocycles. The van der Waals surface area contributed by atoms with Crippen molar-refractivity contribution < 1.29 is 28.2 Å². The Hall–Kier alpha value is -2.62. The van der Waals surface area contributed by atoms with E-state index in [-0.39, 0.29) is 42.2 Å². The molecule has 0 aliphatic heterocycles. The minimum atomic E-state index is -3.14. The molecule has 158 valence electrons. The smallest absolute Gasteiger partial charge is 0.290 e. The van der Waals surface area contributed by atoms with Crippen LogP contribution >= 0.6 is 0 Å². The Morgan fingerprint density at radius 2 is 2.21 bits per heavy atom. The lowest BCUT2D eigenvalue weighted by Crippen LogP contribution is -2.46. The summed E-state index contributed by atoms with van der Waals surface area (Å²) in [4.78, 5) is 22.1. The highest BCUT2D eigenvalue weighted by molar-refractivity contribution is 5.94. The van der Waals surface area contributed by atoms with Gasteiger partial charge in [-0.25, -0.2) is 9.67 Å². The molecule has 0 aromatic carbocycles. The standard InChI is InChI=1S/C19H25F2N5O3/c1-18(2,3)13(11-27)23-17(28)15-12-6-5-7-19(20,21)16(12)26(24-15)14-10-25(29-4)9-8-22-14/h8-10,13,27H,5-7,11H2,1-4H3/p+1/t13-/m1/s1. The first-order valence-corrected chi connectivity index (χ1v) is 9.42. The number of carbonyl (C=O) groups is 1. The van der Waals surface area contributed by atoms with Gasteiger partial charge in [0.25, 0.3) is 18.0 Å². The molecule has 2 N–H and O–H groups in total. The Kier molecular flexibility index (Phi) is 5.57. The fourth-order valence-electron chi connectivity index (χ4n) is 3.37. The Morgan fingerprint density at radius 1 is 1.48 bits per heavy atom. The van der Waals surface area contributed by atoms with Crippen molar-refractivity contribution in [3.05, 3.63) is 35.5 Å². The van der Waals surface area contributed by atoms with Gasteiger partial charge in [0.2, 0.25) is 12.0 Å². The molecular formula is C19H26F2N5O3+. The van der Waals surface area contributed by atoms with Crippen LogP contribution in [0.1, 0.15) is 55.4 Å². The van der Waals surface area contributed by atoms with Gasteiger partial charge in [-0.3, -0.25) is 9.63 Å². The molecule has 29 heavy (non-hydrogen) atoms. The van der Waals surface area contributed by atoms with Crippen LogP contribution in [0.5, 0.6) is 0 Å². The van der Waals surface area contributed by atoms with Crippen LogP contribution in [-0.2, 0) is 12.3 Å². The van der Waals surface area contributed by atoms with E-state index >= 15 is 0 Å². The first-order chi connectivity index (χ1) is 13.6. The number of alkyl halides is 2. The van der Waals surface area contributed by atoms with E-state index in [2.05, 4.69) is 15.4 Å². The van der Waals surface area contributed by atoms with E-state index in [4.69, 9.17) is 4.84 Å². The molecule has 1 atom stereocenters. The number of rotatable bonds is 5. The quantitative estimate of drug-likeness (QED) is 0.722. The summed E-state index contributed by atoms with van der Waals surface area (Å²) in [5.74, 6) is -3.63. The normalized spacial score (nSPS) is 16.8. The van der Waals surface area contributed by atoms with Crippen LogP contribution in [0.3, 0.4) is 0 Å². The van der Waals surface area contributed by atoms with Crippen LogP contribution in [-0.4, -0.2) is 45.5 Å². The van der Waals surface area contributed by atoms with Crippen LogP contribution in [0.4, 0.5) is 8.78 Å². The average Bonchev–Trinajstić information content (AvgIpc) is 3.06. The zero-order valence-corrected chi connectivity index (χ0v) is 16.9. The van der Waals surface area contributed by atoms with Crippen LogP contribution in [0, 0.1) is 5.41 Å². The molecule has 1 aliphatic rings. The Labute approximate surface area is 167 Å². The lowest BCUT2D eigenvalue weighted by atomic mass is 9.87. The van der Waals surface area contributed by atoms with Crippen molar-refractivity contribution in [2.24, 2.45) is 5.41 Å². The number of nitrogens with zero attached hydrogens (tertiary/aromatic N) is 4. The van der Waals surface area contributed by atoms with E-state index in [1.807, 2.05) is 20.8 Å². The molecule has 0 radical (unpaired) electrons. The summed E-state index contributed by atoms with van der Waals surface area (Å²) < 4.78 is 32.0. The van der Waals surface area contributed by atoms with Crippen molar-refractivity contribution in [1.82, 2.24) is 20.1 Å². The SMILES string of the molecule is CO[n+]1ccnc(-n2nc(C(=O)N[C@H](CO)C(C)(C)C)c3c2C(F)(F)CCC3)c1. The monoisotopic (exact) mass is 410 g/mol. The molecule has 0 fully saturated rings. The van der Waals surface area contributed by atoms with E-state index in [1.165, 1.54) is 30.4 Å². The maximum atomic E-state index is 14.8. The van der Waals surface area contributed by atoms with Crippen LogP contribution in [0.15, 0.2) is 18.6 Å². The lowest BCUT2D eigenvalue weighted by Gasteiger charge is -2.29. The number of halogens is 2. The molecule has 2 heterocycles. The van der Waals surface area contributed by atoms with E-state index in [1.54, 1.807) is 0 Å². The summed E-state index contributed by atoms with van der Waals surface area (Å²) >= 11 is 0. The van der Waals surface area contributed by atoms with Crippen molar-refractivity contribution in [3.8, 4) is 5.82 Å². The lowest BCUT2D eigenvalue weighted by molar-refractivity contribution is -0.885. The molecule has 0 saturated carbocycles. The predicted octanol–water partition coefficient (Wildman–Crippen LogP) is 1.18. The number of aliphatic hydroxyl groups excluding tert-OH is 1. The summed E-state index contributed by atoms with van der Waals surface area (Å²) in [5, 5.41) is 16.6. The highest BCUT2D eigenvalue weighted by Gasteiger charge is 2.44. The molecule has 2 aromatic rings. The highest BCUT2D eigenvalue weighted by atomic mass is 19.3. The first kappa shape index (κ1) is 21.1. The Bertz CT molecular complexity index is 908. The number of nitrogens with one attached hydrogen (secondary N) is 1. The fourth-order valence-corrected chi connectivity index (χ4v) is 3.37. The predicted molar refractivity (Wildman–Crippen MR) is 98.7 cm³/mol. The second-order valence-corrected chi connectivity index (χ2v) is 8.18. The van der Waals surface area contributed by atoms with E-state index in [9.17, 15) is 18.7 Å². The molecule has 0 unspecified atom stereocenters. The summed E-state index contributed by atoms with van der Waals surface area (Å²) in [6.07, 6.45) is 4.55. The van der Waals surface area contributed by atoms with Crippen LogP contribution < -0.4 is 14.9 Å². The van der Waals surface area contributed by atoms with Crippen molar-refractivity contribution >= 4 is 5.91 Å².